The molecule has 1 aliphatic rings. The second kappa shape index (κ2) is 13.5. The van der Waals surface area contributed by atoms with Gasteiger partial charge in [0.2, 0.25) is 0 Å². The van der Waals surface area contributed by atoms with E-state index < -0.39 is 17.6 Å². The van der Waals surface area contributed by atoms with Gasteiger partial charge in [0.05, 0.1) is 11.1 Å². The predicted octanol–water partition coefficient (Wildman–Crippen LogP) is 9.85. The average Bonchev–Trinajstić information content (AvgIpc) is 3.64. The Morgan fingerprint density at radius 1 is 1.17 bits per heavy atom. The number of hydrogen-bond donors (Lipinski definition) is 2. The quantitative estimate of drug-likeness (QED) is 0.200. The highest BCUT2D eigenvalue weighted by atomic mass is 35.5. The molecule has 46 heavy (non-hydrogen) atoms. The van der Waals surface area contributed by atoms with Crippen LogP contribution in [0.4, 0.5) is 8.78 Å². The Morgan fingerprint density at radius 2 is 2.02 bits per heavy atom. The summed E-state index contributed by atoms with van der Waals surface area (Å²) >= 11 is 8.59. The summed E-state index contributed by atoms with van der Waals surface area (Å²) < 4.78 is 38.9. The molecule has 1 aliphatic heterocycles. The number of halogens is 3. The SMILES string of the molecule is CC1(C)CCCC(c2cccc(CCC(=O)O)c2)n2cc(Cl)c(n2)-c2cc(ccc2F)Oc2c(F)cc3[nH]ccc3c2CCSC1. The molecule has 6 rings (SSSR count). The van der Waals surface area contributed by atoms with Crippen molar-refractivity contribution in [2.45, 2.75) is 58.4 Å². The number of nitrogens with one attached hydrogen (secondary N) is 1. The number of rotatable bonds is 4. The monoisotopic (exact) mass is 663 g/mol. The maximum Gasteiger partial charge on any atom is 0.303 e. The van der Waals surface area contributed by atoms with Gasteiger partial charge in [0.1, 0.15) is 17.3 Å². The van der Waals surface area contributed by atoms with E-state index in [2.05, 4.69) is 18.8 Å². The minimum Gasteiger partial charge on any atom is -0.481 e. The molecule has 0 amide bonds. The minimum atomic E-state index is -0.845. The van der Waals surface area contributed by atoms with Crippen molar-refractivity contribution in [3.63, 3.8) is 0 Å². The van der Waals surface area contributed by atoms with E-state index in [4.69, 9.17) is 21.4 Å². The number of carboxylic acid groups (broad SMARTS) is 1. The lowest BCUT2D eigenvalue weighted by atomic mass is 9.87. The molecular formula is C36H36ClF2N3O3S. The van der Waals surface area contributed by atoms with E-state index in [1.54, 1.807) is 17.1 Å². The van der Waals surface area contributed by atoms with Crippen molar-refractivity contribution in [2.75, 3.05) is 11.5 Å². The molecule has 6 nitrogen and oxygen atoms in total. The van der Waals surface area contributed by atoms with Gasteiger partial charge in [-0.25, -0.2) is 8.78 Å². The van der Waals surface area contributed by atoms with Crippen LogP contribution in [0.1, 0.15) is 62.3 Å². The summed E-state index contributed by atoms with van der Waals surface area (Å²) in [6.07, 6.45) is 7.20. The topological polar surface area (TPSA) is 80.1 Å². The lowest BCUT2D eigenvalue weighted by Crippen LogP contribution is -2.17. The van der Waals surface area contributed by atoms with Crippen LogP contribution in [-0.4, -0.2) is 37.3 Å². The van der Waals surface area contributed by atoms with Crippen LogP contribution in [0.25, 0.3) is 22.2 Å². The molecule has 3 heterocycles. The number of aromatic amines is 1. The number of aromatic nitrogens is 3. The molecule has 1 unspecified atom stereocenters. The van der Waals surface area contributed by atoms with Crippen LogP contribution in [0.5, 0.6) is 11.5 Å². The Kier molecular flexibility index (Phi) is 9.43. The number of carbonyl (C=O) groups is 1. The van der Waals surface area contributed by atoms with E-state index in [1.807, 2.05) is 42.1 Å². The van der Waals surface area contributed by atoms with Gasteiger partial charge in [-0.05, 0) is 78.0 Å². The van der Waals surface area contributed by atoms with Gasteiger partial charge in [0, 0.05) is 46.9 Å². The molecule has 0 fully saturated rings. The maximum absolute atomic E-state index is 15.5. The van der Waals surface area contributed by atoms with Crippen molar-refractivity contribution in [3.05, 3.63) is 100 Å². The first kappa shape index (κ1) is 32.1. The second-order valence-electron chi connectivity index (χ2n) is 12.7. The fourth-order valence-electron chi connectivity index (χ4n) is 6.19. The number of aryl methyl sites for hydroxylation is 2. The van der Waals surface area contributed by atoms with Gasteiger partial charge in [-0.2, -0.15) is 16.9 Å². The van der Waals surface area contributed by atoms with Crippen LogP contribution in [0.2, 0.25) is 5.02 Å². The molecule has 10 heteroatoms. The van der Waals surface area contributed by atoms with E-state index in [-0.39, 0.29) is 45.7 Å². The predicted molar refractivity (Wildman–Crippen MR) is 180 cm³/mol. The van der Waals surface area contributed by atoms with E-state index in [0.717, 1.165) is 52.8 Å². The summed E-state index contributed by atoms with van der Waals surface area (Å²) in [5, 5.41) is 15.2. The van der Waals surface area contributed by atoms with Crippen molar-refractivity contribution >= 4 is 40.2 Å². The summed E-state index contributed by atoms with van der Waals surface area (Å²) in [7, 11) is 0. The van der Waals surface area contributed by atoms with E-state index in [0.29, 0.717) is 18.4 Å². The first-order chi connectivity index (χ1) is 22.1. The molecule has 4 bridgehead atoms. The van der Waals surface area contributed by atoms with Crippen LogP contribution in [-0.2, 0) is 17.6 Å². The van der Waals surface area contributed by atoms with Crippen LogP contribution < -0.4 is 4.74 Å². The summed E-state index contributed by atoms with van der Waals surface area (Å²) in [4.78, 5) is 14.3. The number of hydrogen-bond acceptors (Lipinski definition) is 4. The fraction of sp³-hybridized carbons (Fsp3) is 0.333. The molecule has 0 saturated carbocycles. The first-order valence-electron chi connectivity index (χ1n) is 15.5. The van der Waals surface area contributed by atoms with Crippen molar-refractivity contribution in [2.24, 2.45) is 5.41 Å². The van der Waals surface area contributed by atoms with E-state index in [1.165, 1.54) is 24.3 Å². The average molecular weight is 664 g/mol. The third-order valence-corrected chi connectivity index (χ3v) is 10.3. The summed E-state index contributed by atoms with van der Waals surface area (Å²) in [5.41, 5.74) is 3.83. The Hall–Kier alpha value is -3.82. The number of H-pyrrole nitrogens is 1. The largest absolute Gasteiger partial charge is 0.481 e. The van der Waals surface area contributed by atoms with Gasteiger partial charge in [-0.15, -0.1) is 0 Å². The number of carboxylic acids is 1. The number of nitrogens with zero attached hydrogens (tertiary/aromatic N) is 2. The second-order valence-corrected chi connectivity index (χ2v) is 14.2. The lowest BCUT2D eigenvalue weighted by molar-refractivity contribution is -0.136. The lowest BCUT2D eigenvalue weighted by Gasteiger charge is -2.26. The van der Waals surface area contributed by atoms with Crippen molar-refractivity contribution in [1.29, 1.82) is 0 Å². The van der Waals surface area contributed by atoms with Gasteiger partial charge in [0.25, 0.3) is 0 Å². The molecule has 2 N–H and O–H groups in total. The summed E-state index contributed by atoms with van der Waals surface area (Å²) in [5.74, 6) is 0.256. The van der Waals surface area contributed by atoms with Gasteiger partial charge in [-0.3, -0.25) is 9.48 Å². The van der Waals surface area contributed by atoms with Gasteiger partial charge in [0.15, 0.2) is 11.6 Å². The normalized spacial score (nSPS) is 17.1. The number of benzene rings is 3. The van der Waals surface area contributed by atoms with Gasteiger partial charge in [-0.1, -0.05) is 56.1 Å². The number of thioether (sulfide) groups is 1. The highest BCUT2D eigenvalue weighted by molar-refractivity contribution is 7.99. The van der Waals surface area contributed by atoms with Crippen molar-refractivity contribution in [1.82, 2.24) is 14.8 Å². The van der Waals surface area contributed by atoms with Gasteiger partial charge < -0.3 is 14.8 Å². The zero-order chi connectivity index (χ0) is 32.4. The van der Waals surface area contributed by atoms with E-state index >= 15 is 8.78 Å². The van der Waals surface area contributed by atoms with Crippen LogP contribution >= 0.6 is 23.4 Å². The fourth-order valence-corrected chi connectivity index (χ4v) is 7.62. The van der Waals surface area contributed by atoms with Crippen LogP contribution in [0.15, 0.2) is 67.0 Å². The molecule has 1 atom stereocenters. The zero-order valence-corrected chi connectivity index (χ0v) is 27.4. The summed E-state index contributed by atoms with van der Waals surface area (Å²) in [6, 6.07) is 15.3. The molecule has 2 aromatic heterocycles. The molecule has 0 aliphatic carbocycles. The zero-order valence-electron chi connectivity index (χ0n) is 25.8. The smallest absolute Gasteiger partial charge is 0.303 e. The van der Waals surface area contributed by atoms with Crippen LogP contribution in [0, 0.1) is 17.0 Å². The Morgan fingerprint density at radius 3 is 2.85 bits per heavy atom. The number of fused-ring (bicyclic) bond motifs is 8. The molecule has 0 spiro atoms. The highest BCUT2D eigenvalue weighted by Gasteiger charge is 2.25. The molecular weight excluding hydrogens is 628 g/mol. The minimum absolute atomic E-state index is 0.0415. The molecule has 240 valence electrons. The molecule has 0 saturated heterocycles. The number of ether oxygens (including phenoxy) is 1. The summed E-state index contributed by atoms with van der Waals surface area (Å²) in [6.45, 7) is 4.53. The molecule has 3 aromatic carbocycles. The molecule has 5 aromatic rings. The first-order valence-corrected chi connectivity index (χ1v) is 17.0. The third-order valence-electron chi connectivity index (χ3n) is 8.57. The van der Waals surface area contributed by atoms with Crippen molar-refractivity contribution < 1.29 is 23.4 Å². The van der Waals surface area contributed by atoms with Gasteiger partial charge >= 0.3 is 5.97 Å². The van der Waals surface area contributed by atoms with Crippen LogP contribution in [0.3, 0.4) is 0 Å². The Balaban J connectivity index is 1.43. The Bertz CT molecular complexity index is 1890. The third kappa shape index (κ3) is 7.10. The Labute approximate surface area is 276 Å². The molecule has 0 radical (unpaired) electrons. The standard InChI is InChI=1S/C36H36ClF2N3O3S/c1-36(2)14-4-7-32(23-6-3-5-22(17-23)8-11-33(43)44)42-20-28(37)34(41-42)27-18-24(9-10-29(27)38)45-35-26(13-16-46-21-36)25-12-15-40-31(25)19-30(35)39/h3,5-6,9-10,12,15,17-20,32,40H,4,7-8,11,13-14,16,21H2,1-2H3,(H,43,44). The van der Waals surface area contributed by atoms with Crippen molar-refractivity contribution in [3.8, 4) is 22.8 Å². The highest BCUT2D eigenvalue weighted by Crippen LogP contribution is 2.40. The van der Waals surface area contributed by atoms with E-state index in [9.17, 15) is 9.90 Å². The maximum atomic E-state index is 15.5. The number of aliphatic carboxylic acids is 1.